The first-order valence-electron chi connectivity index (χ1n) is 7.48. The van der Waals surface area contributed by atoms with E-state index in [1.807, 2.05) is 6.07 Å². The molecule has 0 aromatic heterocycles. The molecule has 106 valence electrons. The number of anilines is 2. The Morgan fingerprint density at radius 2 is 2.11 bits per heavy atom. The number of hydrogen-bond acceptors (Lipinski definition) is 3. The fourth-order valence-corrected chi connectivity index (χ4v) is 3.00. The van der Waals surface area contributed by atoms with E-state index >= 15 is 0 Å². The second-order valence-electron chi connectivity index (χ2n) is 5.43. The second kappa shape index (κ2) is 6.18. The molecule has 1 aromatic rings. The zero-order chi connectivity index (χ0) is 13.8. The number of para-hydroxylation sites is 1. The van der Waals surface area contributed by atoms with Gasteiger partial charge in [-0.1, -0.05) is 19.9 Å². The predicted octanol–water partition coefficient (Wildman–Crippen LogP) is 3.82. The quantitative estimate of drug-likeness (QED) is 0.820. The summed E-state index contributed by atoms with van der Waals surface area (Å²) in [5.41, 5.74) is 8.25. The number of nitrogens with two attached hydrogens (primary N) is 1. The van der Waals surface area contributed by atoms with Gasteiger partial charge < -0.3 is 15.4 Å². The van der Waals surface area contributed by atoms with Gasteiger partial charge in [-0.05, 0) is 44.7 Å². The molecule has 2 rings (SSSR count). The van der Waals surface area contributed by atoms with Crippen molar-refractivity contribution in [1.29, 1.82) is 0 Å². The van der Waals surface area contributed by atoms with E-state index in [2.05, 4.69) is 37.8 Å². The molecule has 1 aliphatic rings. The highest BCUT2D eigenvalue weighted by Crippen LogP contribution is 2.39. The van der Waals surface area contributed by atoms with Crippen molar-refractivity contribution >= 4 is 11.4 Å². The monoisotopic (exact) mass is 262 g/mol. The molecular weight excluding hydrogens is 236 g/mol. The Bertz CT molecular complexity index is 419. The van der Waals surface area contributed by atoms with Gasteiger partial charge in [-0.15, -0.1) is 0 Å². The lowest BCUT2D eigenvalue weighted by atomic mass is 10.1. The molecule has 0 amide bonds. The summed E-state index contributed by atoms with van der Waals surface area (Å²) in [6.07, 6.45) is 4.68. The third-order valence-corrected chi connectivity index (χ3v) is 4.04. The third kappa shape index (κ3) is 2.80. The molecule has 2 unspecified atom stereocenters. The standard InChI is InChI=1S/C16H26N2O/c1-4-11-19-15-8-6-7-14(16(15)17)18-12(3)9-10-13(18)5-2/h6-8,12-13H,4-5,9-11,17H2,1-3H3. The summed E-state index contributed by atoms with van der Waals surface area (Å²) in [5, 5.41) is 0. The van der Waals surface area contributed by atoms with Crippen molar-refractivity contribution in [3.63, 3.8) is 0 Å². The van der Waals surface area contributed by atoms with E-state index < -0.39 is 0 Å². The minimum absolute atomic E-state index is 0.564. The smallest absolute Gasteiger partial charge is 0.144 e. The van der Waals surface area contributed by atoms with Crippen LogP contribution < -0.4 is 15.4 Å². The number of ether oxygens (including phenoxy) is 1. The molecule has 1 saturated heterocycles. The lowest BCUT2D eigenvalue weighted by molar-refractivity contribution is 0.319. The fraction of sp³-hybridized carbons (Fsp3) is 0.625. The highest BCUT2D eigenvalue weighted by Gasteiger charge is 2.31. The van der Waals surface area contributed by atoms with Gasteiger partial charge in [-0.2, -0.15) is 0 Å². The average Bonchev–Trinajstić information content (AvgIpc) is 2.79. The van der Waals surface area contributed by atoms with Crippen molar-refractivity contribution in [2.24, 2.45) is 0 Å². The zero-order valence-corrected chi connectivity index (χ0v) is 12.4. The van der Waals surface area contributed by atoms with Gasteiger partial charge in [0.05, 0.1) is 18.0 Å². The molecule has 0 radical (unpaired) electrons. The van der Waals surface area contributed by atoms with Crippen LogP contribution in [0.5, 0.6) is 5.75 Å². The minimum atomic E-state index is 0.564. The van der Waals surface area contributed by atoms with Crippen LogP contribution in [0.15, 0.2) is 18.2 Å². The van der Waals surface area contributed by atoms with Crippen molar-refractivity contribution in [1.82, 2.24) is 0 Å². The maximum atomic E-state index is 6.32. The first kappa shape index (κ1) is 14.0. The molecule has 1 aromatic carbocycles. The number of nitrogen functional groups attached to an aromatic ring is 1. The number of nitrogens with zero attached hydrogens (tertiary/aromatic N) is 1. The summed E-state index contributed by atoms with van der Waals surface area (Å²) in [5.74, 6) is 0.827. The molecule has 19 heavy (non-hydrogen) atoms. The second-order valence-corrected chi connectivity index (χ2v) is 5.43. The highest BCUT2D eigenvalue weighted by atomic mass is 16.5. The molecule has 3 heteroatoms. The van der Waals surface area contributed by atoms with Gasteiger partial charge in [0.2, 0.25) is 0 Å². The number of rotatable bonds is 5. The van der Waals surface area contributed by atoms with Crippen LogP contribution in [0.25, 0.3) is 0 Å². The van der Waals surface area contributed by atoms with Crippen molar-refractivity contribution < 1.29 is 4.74 Å². The van der Waals surface area contributed by atoms with Gasteiger partial charge in [0, 0.05) is 12.1 Å². The zero-order valence-electron chi connectivity index (χ0n) is 12.4. The van der Waals surface area contributed by atoms with Crippen LogP contribution in [0.3, 0.4) is 0 Å². The van der Waals surface area contributed by atoms with Crippen molar-refractivity contribution in [3.05, 3.63) is 18.2 Å². The lowest BCUT2D eigenvalue weighted by Gasteiger charge is -2.31. The molecule has 0 aliphatic carbocycles. The van der Waals surface area contributed by atoms with Crippen LogP contribution in [0, 0.1) is 0 Å². The van der Waals surface area contributed by atoms with Crippen molar-refractivity contribution in [2.45, 2.75) is 58.5 Å². The largest absolute Gasteiger partial charge is 0.491 e. The van der Waals surface area contributed by atoms with E-state index in [9.17, 15) is 0 Å². The first-order valence-corrected chi connectivity index (χ1v) is 7.48. The van der Waals surface area contributed by atoms with Gasteiger partial charge in [-0.25, -0.2) is 0 Å². The summed E-state index contributed by atoms with van der Waals surface area (Å²) >= 11 is 0. The molecule has 1 fully saturated rings. The topological polar surface area (TPSA) is 38.5 Å². The maximum absolute atomic E-state index is 6.32. The van der Waals surface area contributed by atoms with Crippen LogP contribution in [0.4, 0.5) is 11.4 Å². The maximum Gasteiger partial charge on any atom is 0.144 e. The molecule has 2 atom stereocenters. The molecule has 0 saturated carbocycles. The Balaban J connectivity index is 2.28. The van der Waals surface area contributed by atoms with Crippen molar-refractivity contribution in [3.8, 4) is 5.75 Å². The Kier molecular flexibility index (Phi) is 4.56. The van der Waals surface area contributed by atoms with Crippen LogP contribution >= 0.6 is 0 Å². The summed E-state index contributed by atoms with van der Waals surface area (Å²) < 4.78 is 5.74. The van der Waals surface area contributed by atoms with Gasteiger partial charge in [0.15, 0.2) is 0 Å². The Morgan fingerprint density at radius 3 is 2.79 bits per heavy atom. The van der Waals surface area contributed by atoms with Gasteiger partial charge >= 0.3 is 0 Å². The predicted molar refractivity (Wildman–Crippen MR) is 81.9 cm³/mol. The summed E-state index contributed by atoms with van der Waals surface area (Å²) in [7, 11) is 0. The molecule has 1 aliphatic heterocycles. The molecule has 1 heterocycles. The van der Waals surface area contributed by atoms with E-state index in [0.29, 0.717) is 12.1 Å². The average molecular weight is 262 g/mol. The van der Waals surface area contributed by atoms with E-state index in [1.54, 1.807) is 0 Å². The molecule has 0 spiro atoms. The Labute approximate surface area is 116 Å². The molecule has 0 bridgehead atoms. The lowest BCUT2D eigenvalue weighted by Crippen LogP contribution is -2.34. The highest BCUT2D eigenvalue weighted by molar-refractivity contribution is 5.75. The Hall–Kier alpha value is -1.38. The van der Waals surface area contributed by atoms with E-state index in [1.165, 1.54) is 19.3 Å². The van der Waals surface area contributed by atoms with Crippen LogP contribution in [0.1, 0.15) is 46.5 Å². The first-order chi connectivity index (χ1) is 9.19. The third-order valence-electron chi connectivity index (χ3n) is 4.04. The fourth-order valence-electron chi connectivity index (χ4n) is 3.00. The summed E-state index contributed by atoms with van der Waals surface area (Å²) in [6.45, 7) is 7.37. The van der Waals surface area contributed by atoms with Gasteiger partial charge in [0.1, 0.15) is 5.75 Å². The van der Waals surface area contributed by atoms with E-state index in [4.69, 9.17) is 10.5 Å². The van der Waals surface area contributed by atoms with E-state index in [-0.39, 0.29) is 0 Å². The molecular formula is C16H26N2O. The van der Waals surface area contributed by atoms with E-state index in [0.717, 1.165) is 30.2 Å². The van der Waals surface area contributed by atoms with Gasteiger partial charge in [-0.3, -0.25) is 0 Å². The van der Waals surface area contributed by atoms with Crippen LogP contribution in [0.2, 0.25) is 0 Å². The minimum Gasteiger partial charge on any atom is -0.491 e. The number of hydrogen-bond donors (Lipinski definition) is 1. The molecule has 2 N–H and O–H groups in total. The normalized spacial score (nSPS) is 22.8. The number of benzene rings is 1. The van der Waals surface area contributed by atoms with Crippen molar-refractivity contribution in [2.75, 3.05) is 17.2 Å². The van der Waals surface area contributed by atoms with Crippen LogP contribution in [-0.2, 0) is 0 Å². The SMILES string of the molecule is CCCOc1cccc(N2C(C)CCC2CC)c1N. The Morgan fingerprint density at radius 1 is 1.32 bits per heavy atom. The summed E-state index contributed by atoms with van der Waals surface area (Å²) in [6, 6.07) is 7.32. The molecule has 3 nitrogen and oxygen atoms in total. The summed E-state index contributed by atoms with van der Waals surface area (Å²) in [4.78, 5) is 2.48. The van der Waals surface area contributed by atoms with Gasteiger partial charge in [0.25, 0.3) is 0 Å². The van der Waals surface area contributed by atoms with Crippen LogP contribution in [-0.4, -0.2) is 18.7 Å².